The minimum Gasteiger partial charge on any atom is -0.469 e. The van der Waals surface area contributed by atoms with Gasteiger partial charge < -0.3 is 20.5 Å². The van der Waals surface area contributed by atoms with Crippen molar-refractivity contribution in [2.45, 2.75) is 19.8 Å². The van der Waals surface area contributed by atoms with Gasteiger partial charge >= 0.3 is 5.97 Å². The molecule has 0 radical (unpaired) electrons. The fourth-order valence-electron chi connectivity index (χ4n) is 2.22. The van der Waals surface area contributed by atoms with E-state index in [-0.39, 0.29) is 11.9 Å². The fourth-order valence-corrected chi connectivity index (χ4v) is 3.66. The van der Waals surface area contributed by atoms with E-state index in [2.05, 4.69) is 41.9 Å². The summed E-state index contributed by atoms with van der Waals surface area (Å²) in [6.07, 6.45) is 0.853. The molecule has 0 spiro atoms. The van der Waals surface area contributed by atoms with E-state index in [1.807, 2.05) is 12.1 Å². The van der Waals surface area contributed by atoms with Crippen LogP contribution in [0.4, 0.5) is 11.4 Å². The number of nitrogens with two attached hydrogens (primary N) is 1. The Morgan fingerprint density at radius 3 is 2.38 bits per heavy atom. The Balaban J connectivity index is 2.22. The number of halogens is 2. The van der Waals surface area contributed by atoms with Crippen molar-refractivity contribution in [1.82, 2.24) is 0 Å². The molecule has 0 bridgehead atoms. The van der Waals surface area contributed by atoms with Gasteiger partial charge in [-0.1, -0.05) is 0 Å². The summed E-state index contributed by atoms with van der Waals surface area (Å²) in [5.41, 5.74) is 7.74. The molecule has 138 valence electrons. The van der Waals surface area contributed by atoms with Crippen LogP contribution in [0.2, 0.25) is 0 Å². The third-order valence-corrected chi connectivity index (χ3v) is 4.64. The summed E-state index contributed by atoms with van der Waals surface area (Å²) < 4.78 is 12.0. The largest absolute Gasteiger partial charge is 0.469 e. The van der Waals surface area contributed by atoms with Crippen molar-refractivity contribution in [3.05, 3.63) is 44.8 Å². The minimum absolute atomic E-state index is 0.217. The lowest BCUT2D eigenvalue weighted by atomic mass is 10.1. The van der Waals surface area contributed by atoms with Crippen molar-refractivity contribution in [2.24, 2.45) is 0 Å². The van der Waals surface area contributed by atoms with Crippen LogP contribution in [0.3, 0.4) is 0 Å². The average Bonchev–Trinajstić information content (AvgIpc) is 2.58. The number of nitrogens with one attached hydrogen (secondary N) is 1. The third kappa shape index (κ3) is 5.47. The van der Waals surface area contributed by atoms with E-state index >= 15 is 0 Å². The molecule has 8 heteroatoms. The van der Waals surface area contributed by atoms with Gasteiger partial charge in [0.25, 0.3) is 0 Å². The number of benzene rings is 2. The van der Waals surface area contributed by atoms with E-state index in [1.165, 1.54) is 14.0 Å². The van der Waals surface area contributed by atoms with Gasteiger partial charge in [-0.05, 0) is 68.1 Å². The predicted molar refractivity (Wildman–Crippen MR) is 107 cm³/mol. The molecule has 0 aliphatic heterocycles. The summed E-state index contributed by atoms with van der Waals surface area (Å²) in [5.74, 6) is 0.619. The smallest absolute Gasteiger partial charge is 0.305 e. The molecule has 0 saturated carbocycles. The van der Waals surface area contributed by atoms with Crippen molar-refractivity contribution in [3.63, 3.8) is 0 Å². The lowest BCUT2D eigenvalue weighted by Crippen LogP contribution is -2.08. The molecular weight excluding hydrogens is 468 g/mol. The number of ether oxygens (including phenoxy) is 2. The number of anilines is 2. The van der Waals surface area contributed by atoms with Crippen LogP contribution in [0.15, 0.2) is 39.3 Å². The van der Waals surface area contributed by atoms with Crippen LogP contribution in [0.1, 0.15) is 18.9 Å². The average molecular weight is 486 g/mol. The van der Waals surface area contributed by atoms with E-state index in [0.29, 0.717) is 35.7 Å². The van der Waals surface area contributed by atoms with Crippen LogP contribution in [0.25, 0.3) is 0 Å². The van der Waals surface area contributed by atoms with Gasteiger partial charge in [0.05, 0.1) is 27.4 Å². The van der Waals surface area contributed by atoms with E-state index in [4.69, 9.17) is 10.5 Å². The summed E-state index contributed by atoms with van der Waals surface area (Å²) >= 11 is 6.97. The number of hydrogen-bond acceptors (Lipinski definition) is 5. The first-order valence-electron chi connectivity index (χ1n) is 7.70. The summed E-state index contributed by atoms with van der Waals surface area (Å²) in [5, 5.41) is 2.66. The van der Waals surface area contributed by atoms with Crippen molar-refractivity contribution < 1.29 is 19.1 Å². The maximum absolute atomic E-state index is 11.3. The standard InChI is InChI=1S/C18H18Br2N2O4/c1-10(23)22-16-9-12(4-5-15(16)21)26-18-13(19)7-11(8-14(18)20)3-6-17(24)25-2/h4-5,7-9H,3,6,21H2,1-2H3,(H,22,23). The Hall–Kier alpha value is -2.06. The number of esters is 1. The monoisotopic (exact) mass is 484 g/mol. The van der Waals surface area contributed by atoms with Gasteiger partial charge in [0, 0.05) is 19.4 Å². The van der Waals surface area contributed by atoms with Gasteiger partial charge in [0.15, 0.2) is 5.75 Å². The Morgan fingerprint density at radius 2 is 1.81 bits per heavy atom. The quantitative estimate of drug-likeness (QED) is 0.459. The van der Waals surface area contributed by atoms with Gasteiger partial charge in [-0.25, -0.2) is 0 Å². The molecule has 3 N–H and O–H groups in total. The molecule has 0 saturated heterocycles. The number of amides is 1. The molecule has 0 aromatic heterocycles. The summed E-state index contributed by atoms with van der Waals surface area (Å²) in [6, 6.07) is 8.79. The summed E-state index contributed by atoms with van der Waals surface area (Å²) in [7, 11) is 1.37. The predicted octanol–water partition coefficient (Wildman–Crippen LogP) is 4.65. The van der Waals surface area contributed by atoms with Crippen LogP contribution >= 0.6 is 31.9 Å². The summed E-state index contributed by atoms with van der Waals surface area (Å²) in [4.78, 5) is 22.5. The van der Waals surface area contributed by atoms with Crippen LogP contribution in [0, 0.1) is 0 Å². The number of carbonyl (C=O) groups excluding carboxylic acids is 2. The molecule has 2 aromatic rings. The highest BCUT2D eigenvalue weighted by molar-refractivity contribution is 9.11. The highest BCUT2D eigenvalue weighted by Gasteiger charge is 2.13. The molecule has 2 aromatic carbocycles. The maximum Gasteiger partial charge on any atom is 0.305 e. The fraction of sp³-hybridized carbons (Fsp3) is 0.222. The second-order valence-electron chi connectivity index (χ2n) is 5.50. The summed E-state index contributed by atoms with van der Waals surface area (Å²) in [6.45, 7) is 1.41. The lowest BCUT2D eigenvalue weighted by molar-refractivity contribution is -0.140. The molecule has 0 heterocycles. The Morgan fingerprint density at radius 1 is 1.15 bits per heavy atom. The second kappa shape index (κ2) is 9.05. The molecule has 26 heavy (non-hydrogen) atoms. The van der Waals surface area contributed by atoms with Gasteiger partial charge in [-0.2, -0.15) is 0 Å². The van der Waals surface area contributed by atoms with Crippen LogP contribution in [-0.4, -0.2) is 19.0 Å². The van der Waals surface area contributed by atoms with Crippen LogP contribution in [0.5, 0.6) is 11.5 Å². The van der Waals surface area contributed by atoms with E-state index in [1.54, 1.807) is 18.2 Å². The van der Waals surface area contributed by atoms with Gasteiger partial charge in [-0.3, -0.25) is 9.59 Å². The highest BCUT2D eigenvalue weighted by atomic mass is 79.9. The van der Waals surface area contributed by atoms with Crippen LogP contribution < -0.4 is 15.8 Å². The van der Waals surface area contributed by atoms with Crippen molar-refractivity contribution in [2.75, 3.05) is 18.2 Å². The molecule has 0 fully saturated rings. The van der Waals surface area contributed by atoms with Gasteiger partial charge in [0.1, 0.15) is 5.75 Å². The number of nitrogen functional groups attached to an aromatic ring is 1. The Bertz CT molecular complexity index is 817. The first-order chi connectivity index (χ1) is 12.3. The van der Waals surface area contributed by atoms with Gasteiger partial charge in [-0.15, -0.1) is 0 Å². The molecular formula is C18H18Br2N2O4. The first-order valence-corrected chi connectivity index (χ1v) is 9.28. The molecule has 2 rings (SSSR count). The zero-order valence-electron chi connectivity index (χ0n) is 14.3. The van der Waals surface area contributed by atoms with E-state index < -0.39 is 0 Å². The number of hydrogen-bond donors (Lipinski definition) is 2. The molecule has 0 aliphatic carbocycles. The zero-order valence-corrected chi connectivity index (χ0v) is 17.4. The van der Waals surface area contributed by atoms with E-state index in [9.17, 15) is 9.59 Å². The highest BCUT2D eigenvalue weighted by Crippen LogP contribution is 2.39. The van der Waals surface area contributed by atoms with E-state index in [0.717, 1.165) is 14.5 Å². The topological polar surface area (TPSA) is 90.7 Å². The third-order valence-electron chi connectivity index (χ3n) is 3.46. The van der Waals surface area contributed by atoms with Crippen molar-refractivity contribution in [1.29, 1.82) is 0 Å². The molecule has 1 amide bonds. The molecule has 0 unspecified atom stereocenters. The van der Waals surface area contributed by atoms with Crippen LogP contribution in [-0.2, 0) is 20.7 Å². The number of aryl methyl sites for hydroxylation is 1. The van der Waals surface area contributed by atoms with Gasteiger partial charge in [0.2, 0.25) is 5.91 Å². The Labute approximate surface area is 168 Å². The Kier molecular flexibility index (Phi) is 7.05. The number of methoxy groups -OCH3 is 1. The first kappa shape index (κ1) is 20.3. The van der Waals surface area contributed by atoms with Crippen molar-refractivity contribution >= 4 is 55.1 Å². The van der Waals surface area contributed by atoms with Crippen molar-refractivity contribution in [3.8, 4) is 11.5 Å². The zero-order chi connectivity index (χ0) is 19.3. The minimum atomic E-state index is -0.259. The molecule has 0 aliphatic rings. The number of rotatable bonds is 6. The maximum atomic E-state index is 11.3. The molecule has 6 nitrogen and oxygen atoms in total. The normalized spacial score (nSPS) is 10.3. The lowest BCUT2D eigenvalue weighted by Gasteiger charge is -2.14. The SMILES string of the molecule is COC(=O)CCc1cc(Br)c(Oc2ccc(N)c(NC(C)=O)c2)c(Br)c1. The molecule has 0 atom stereocenters. The number of carbonyl (C=O) groups is 2. The second-order valence-corrected chi connectivity index (χ2v) is 7.21.